The van der Waals surface area contributed by atoms with Crippen LogP contribution in [0.2, 0.25) is 0 Å². The first-order valence-corrected chi connectivity index (χ1v) is 11.5. The summed E-state index contributed by atoms with van der Waals surface area (Å²) in [6.45, 7) is 4.76. The van der Waals surface area contributed by atoms with Crippen molar-refractivity contribution in [2.75, 3.05) is 26.2 Å². The fraction of sp³-hybridized carbons (Fsp3) is 0.478. The van der Waals surface area contributed by atoms with Gasteiger partial charge in [0.05, 0.1) is 0 Å². The highest BCUT2D eigenvalue weighted by Gasteiger charge is 2.44. The summed E-state index contributed by atoms with van der Waals surface area (Å²) in [6, 6.07) is 11.5. The molecule has 3 heterocycles. The summed E-state index contributed by atoms with van der Waals surface area (Å²) < 4.78 is 4.86. The van der Waals surface area contributed by atoms with Gasteiger partial charge in [-0.2, -0.15) is 0 Å². The molecule has 2 aromatic rings. The van der Waals surface area contributed by atoms with Gasteiger partial charge >= 0.3 is 6.09 Å². The average Bonchev–Trinajstić information content (AvgIpc) is 3.33. The van der Waals surface area contributed by atoms with Gasteiger partial charge in [-0.15, -0.1) is 11.3 Å². The van der Waals surface area contributed by atoms with Gasteiger partial charge in [-0.05, 0) is 79.9 Å². The van der Waals surface area contributed by atoms with Gasteiger partial charge in [0.1, 0.15) is 5.75 Å². The molecule has 0 saturated carbocycles. The third-order valence-corrected chi connectivity index (χ3v) is 7.25. The van der Waals surface area contributed by atoms with Crippen LogP contribution in [0.5, 0.6) is 5.75 Å². The molecule has 0 aliphatic carbocycles. The van der Waals surface area contributed by atoms with Gasteiger partial charge in [0.15, 0.2) is 0 Å². The van der Waals surface area contributed by atoms with Gasteiger partial charge in [-0.25, -0.2) is 4.79 Å². The molecular weight excluding hydrogens is 398 g/mol. The Morgan fingerprint density at radius 1 is 1.17 bits per heavy atom. The van der Waals surface area contributed by atoms with E-state index in [0.717, 1.165) is 51.0 Å². The SMILES string of the molecule is NC(=O)Oc1ccc(CN2CC3(CCN(CCCc4cccs4)CC3)CC2=O)cc1. The molecule has 1 aromatic carbocycles. The second-order valence-corrected chi connectivity index (χ2v) is 9.55. The number of ether oxygens (including phenoxy) is 1. The van der Waals surface area contributed by atoms with Crippen LogP contribution in [0.15, 0.2) is 41.8 Å². The number of amides is 2. The van der Waals surface area contributed by atoms with Gasteiger partial charge in [-0.1, -0.05) is 18.2 Å². The zero-order chi connectivity index (χ0) is 21.0. The van der Waals surface area contributed by atoms with Crippen molar-refractivity contribution in [2.24, 2.45) is 11.1 Å². The van der Waals surface area contributed by atoms with Crippen molar-refractivity contribution >= 4 is 23.3 Å². The van der Waals surface area contributed by atoms with E-state index in [1.807, 2.05) is 28.4 Å². The van der Waals surface area contributed by atoms with Crippen LogP contribution in [0.3, 0.4) is 0 Å². The number of hydrogen-bond donors (Lipinski definition) is 1. The molecule has 0 atom stereocenters. The number of aryl methyl sites for hydroxylation is 1. The highest BCUT2D eigenvalue weighted by atomic mass is 32.1. The first-order chi connectivity index (χ1) is 14.5. The molecule has 30 heavy (non-hydrogen) atoms. The Hall–Kier alpha value is -2.38. The number of piperidine rings is 1. The highest BCUT2D eigenvalue weighted by molar-refractivity contribution is 7.09. The molecule has 6 nitrogen and oxygen atoms in total. The normalized spacial score (nSPS) is 18.8. The maximum absolute atomic E-state index is 12.7. The van der Waals surface area contributed by atoms with E-state index in [-0.39, 0.29) is 11.3 Å². The molecule has 2 saturated heterocycles. The number of hydrogen-bond acceptors (Lipinski definition) is 5. The number of primary amides is 1. The Bertz CT molecular complexity index is 858. The van der Waals surface area contributed by atoms with E-state index >= 15 is 0 Å². The summed E-state index contributed by atoms with van der Waals surface area (Å²) in [5, 5.41) is 2.14. The van der Waals surface area contributed by atoms with E-state index < -0.39 is 6.09 Å². The second-order valence-electron chi connectivity index (χ2n) is 8.52. The molecule has 0 bridgehead atoms. The van der Waals surface area contributed by atoms with Crippen molar-refractivity contribution in [3.05, 3.63) is 52.2 Å². The standard InChI is InChI=1S/C23H29N3O3S/c24-22(28)29-19-7-5-18(6-8-19)16-26-17-23(15-21(26)27)9-12-25(13-10-23)11-1-3-20-4-2-14-30-20/h2,4-8,14H,1,3,9-13,15-17H2,(H2,24,28). The van der Waals surface area contributed by atoms with Crippen molar-refractivity contribution in [1.29, 1.82) is 0 Å². The van der Waals surface area contributed by atoms with Crippen LogP contribution >= 0.6 is 11.3 Å². The predicted molar refractivity (Wildman–Crippen MR) is 117 cm³/mol. The Kier molecular flexibility index (Phi) is 6.39. The third-order valence-electron chi connectivity index (χ3n) is 6.31. The van der Waals surface area contributed by atoms with E-state index in [0.29, 0.717) is 18.7 Å². The van der Waals surface area contributed by atoms with E-state index in [1.165, 1.54) is 11.3 Å². The number of likely N-dealkylation sites (tertiary alicyclic amines) is 2. The van der Waals surface area contributed by atoms with Gasteiger partial charge in [-0.3, -0.25) is 4.79 Å². The van der Waals surface area contributed by atoms with Gasteiger partial charge < -0.3 is 20.3 Å². The number of nitrogens with two attached hydrogens (primary N) is 1. The molecular formula is C23H29N3O3S. The minimum Gasteiger partial charge on any atom is -0.411 e. The van der Waals surface area contributed by atoms with Crippen molar-refractivity contribution in [2.45, 2.75) is 38.6 Å². The highest BCUT2D eigenvalue weighted by Crippen LogP contribution is 2.41. The first-order valence-electron chi connectivity index (χ1n) is 10.6. The lowest BCUT2D eigenvalue weighted by molar-refractivity contribution is -0.128. The van der Waals surface area contributed by atoms with Crippen LogP contribution < -0.4 is 10.5 Å². The molecule has 7 heteroatoms. The van der Waals surface area contributed by atoms with Crippen molar-refractivity contribution < 1.29 is 14.3 Å². The molecule has 2 aliphatic heterocycles. The second kappa shape index (κ2) is 9.18. The number of carbonyl (C=O) groups excluding carboxylic acids is 2. The summed E-state index contributed by atoms with van der Waals surface area (Å²) in [4.78, 5) is 29.5. The topological polar surface area (TPSA) is 75.9 Å². The fourth-order valence-electron chi connectivity index (χ4n) is 4.64. The Morgan fingerprint density at radius 2 is 1.93 bits per heavy atom. The van der Waals surface area contributed by atoms with Crippen LogP contribution in [0, 0.1) is 5.41 Å². The van der Waals surface area contributed by atoms with Gasteiger partial charge in [0, 0.05) is 24.4 Å². The Balaban J connectivity index is 1.24. The first kappa shape index (κ1) is 20.9. The molecule has 2 amide bonds. The van der Waals surface area contributed by atoms with Crippen LogP contribution in [0.25, 0.3) is 0 Å². The van der Waals surface area contributed by atoms with E-state index in [2.05, 4.69) is 22.4 Å². The molecule has 0 radical (unpaired) electrons. The van der Waals surface area contributed by atoms with Crippen molar-refractivity contribution in [3.8, 4) is 5.75 Å². The predicted octanol–water partition coefficient (Wildman–Crippen LogP) is 3.65. The smallest absolute Gasteiger partial charge is 0.409 e. The summed E-state index contributed by atoms with van der Waals surface area (Å²) in [6.07, 6.45) is 4.40. The van der Waals surface area contributed by atoms with Crippen LogP contribution in [0.1, 0.15) is 36.1 Å². The van der Waals surface area contributed by atoms with Gasteiger partial charge in [0.25, 0.3) is 0 Å². The summed E-state index contributed by atoms with van der Waals surface area (Å²) in [7, 11) is 0. The molecule has 2 aliphatic rings. The van der Waals surface area contributed by atoms with Crippen molar-refractivity contribution in [3.63, 3.8) is 0 Å². The maximum atomic E-state index is 12.7. The summed E-state index contributed by atoms with van der Waals surface area (Å²) in [5.74, 6) is 0.667. The minimum atomic E-state index is -0.822. The summed E-state index contributed by atoms with van der Waals surface area (Å²) in [5.41, 5.74) is 6.20. The lowest BCUT2D eigenvalue weighted by Crippen LogP contribution is -2.41. The lowest BCUT2D eigenvalue weighted by Gasteiger charge is -2.38. The van der Waals surface area contributed by atoms with Crippen LogP contribution in [-0.2, 0) is 17.8 Å². The monoisotopic (exact) mass is 427 g/mol. The molecule has 0 unspecified atom stereocenters. The maximum Gasteiger partial charge on any atom is 0.409 e. The molecule has 2 fully saturated rings. The number of benzene rings is 1. The number of rotatable bonds is 7. The van der Waals surface area contributed by atoms with E-state index in [9.17, 15) is 9.59 Å². The molecule has 1 aromatic heterocycles. The fourth-order valence-corrected chi connectivity index (χ4v) is 5.39. The van der Waals surface area contributed by atoms with Gasteiger partial charge in [0.2, 0.25) is 5.91 Å². The Labute approximate surface area is 181 Å². The van der Waals surface area contributed by atoms with E-state index in [1.54, 1.807) is 12.1 Å². The Morgan fingerprint density at radius 3 is 2.60 bits per heavy atom. The van der Waals surface area contributed by atoms with Crippen LogP contribution in [0.4, 0.5) is 4.79 Å². The zero-order valence-corrected chi connectivity index (χ0v) is 18.0. The number of thiophene rings is 1. The average molecular weight is 428 g/mol. The number of carbonyl (C=O) groups is 2. The molecule has 1 spiro atoms. The van der Waals surface area contributed by atoms with E-state index in [4.69, 9.17) is 10.5 Å². The molecule has 4 rings (SSSR count). The molecule has 2 N–H and O–H groups in total. The lowest BCUT2D eigenvalue weighted by atomic mass is 9.77. The third kappa shape index (κ3) is 5.21. The number of nitrogens with zero attached hydrogens (tertiary/aromatic N) is 2. The minimum absolute atomic E-state index is 0.135. The molecule has 160 valence electrons. The largest absolute Gasteiger partial charge is 0.411 e. The quantitative estimate of drug-likeness (QED) is 0.732. The van der Waals surface area contributed by atoms with Crippen molar-refractivity contribution in [1.82, 2.24) is 9.80 Å². The van der Waals surface area contributed by atoms with Crippen LogP contribution in [-0.4, -0.2) is 48.0 Å². The zero-order valence-electron chi connectivity index (χ0n) is 17.2. The summed E-state index contributed by atoms with van der Waals surface area (Å²) >= 11 is 1.84.